The van der Waals surface area contributed by atoms with E-state index >= 15 is 0 Å². The number of rotatable bonds is 10. The highest BCUT2D eigenvalue weighted by Crippen LogP contribution is 2.36. The normalized spacial score (nSPS) is 10.0. The van der Waals surface area contributed by atoms with Gasteiger partial charge in [0.25, 0.3) is 0 Å². The Morgan fingerprint density at radius 3 is 1.00 bits per heavy atom. The zero-order valence-electron chi connectivity index (χ0n) is 13.4. The molecule has 22 heavy (non-hydrogen) atoms. The SMILES string of the molecule is C=CCc1c(O)c(CC=C)c(CC=C)c(CC=C)c1CC=C. The standard InChI is InChI=1S/C21H26O/c1-6-11-16-17(12-7-2)19(14-9-4)21(22)20(15-10-5)18(16)13-8-3/h6-10,22H,1-5,11-15H2. The van der Waals surface area contributed by atoms with E-state index in [4.69, 9.17) is 0 Å². The van der Waals surface area contributed by atoms with Crippen LogP contribution in [0.4, 0.5) is 0 Å². The van der Waals surface area contributed by atoms with Crippen LogP contribution in [0.15, 0.2) is 63.3 Å². The Morgan fingerprint density at radius 2 is 0.727 bits per heavy atom. The number of aromatic hydroxyl groups is 1. The van der Waals surface area contributed by atoms with Crippen molar-refractivity contribution >= 4 is 0 Å². The first-order chi connectivity index (χ1) is 10.7. The fraction of sp³-hybridized carbons (Fsp3) is 0.238. The van der Waals surface area contributed by atoms with E-state index in [1.54, 1.807) is 0 Å². The predicted molar refractivity (Wildman–Crippen MR) is 97.6 cm³/mol. The van der Waals surface area contributed by atoms with Gasteiger partial charge in [-0.15, -0.1) is 32.9 Å². The van der Waals surface area contributed by atoms with Crippen LogP contribution in [0.1, 0.15) is 27.8 Å². The first-order valence-electron chi connectivity index (χ1n) is 7.57. The third-order valence-electron chi connectivity index (χ3n) is 3.77. The molecule has 0 radical (unpaired) electrons. The van der Waals surface area contributed by atoms with Crippen molar-refractivity contribution in [1.82, 2.24) is 0 Å². The van der Waals surface area contributed by atoms with Crippen LogP contribution >= 0.6 is 0 Å². The molecule has 0 unspecified atom stereocenters. The summed E-state index contributed by atoms with van der Waals surface area (Å²) in [6, 6.07) is 0. The van der Waals surface area contributed by atoms with Gasteiger partial charge in [-0.1, -0.05) is 30.4 Å². The average molecular weight is 294 g/mol. The molecule has 0 fully saturated rings. The molecule has 1 nitrogen and oxygen atoms in total. The van der Waals surface area contributed by atoms with Gasteiger partial charge in [-0.2, -0.15) is 0 Å². The zero-order chi connectivity index (χ0) is 16.5. The summed E-state index contributed by atoms with van der Waals surface area (Å²) >= 11 is 0. The van der Waals surface area contributed by atoms with Crippen molar-refractivity contribution in [3.63, 3.8) is 0 Å². The Labute approximate surface area is 134 Å². The highest BCUT2D eigenvalue weighted by atomic mass is 16.3. The molecule has 1 aromatic rings. The van der Waals surface area contributed by atoms with Gasteiger partial charge in [0.2, 0.25) is 0 Å². The molecule has 1 N–H and O–H groups in total. The van der Waals surface area contributed by atoms with Crippen LogP contribution in [0.3, 0.4) is 0 Å². The largest absolute Gasteiger partial charge is 0.507 e. The summed E-state index contributed by atoms with van der Waals surface area (Å²) in [6.45, 7) is 19.2. The monoisotopic (exact) mass is 294 g/mol. The lowest BCUT2D eigenvalue weighted by atomic mass is 9.84. The first-order valence-corrected chi connectivity index (χ1v) is 7.57. The van der Waals surface area contributed by atoms with Gasteiger partial charge in [0, 0.05) is 11.1 Å². The Bertz CT molecular complexity index is 545. The molecule has 0 atom stereocenters. The minimum Gasteiger partial charge on any atom is -0.507 e. The number of hydrogen-bond donors (Lipinski definition) is 1. The Balaban J connectivity index is 3.80. The van der Waals surface area contributed by atoms with Crippen LogP contribution < -0.4 is 0 Å². The molecule has 0 aliphatic carbocycles. The lowest BCUT2D eigenvalue weighted by Gasteiger charge is -2.22. The highest BCUT2D eigenvalue weighted by Gasteiger charge is 2.20. The number of phenols is 1. The smallest absolute Gasteiger partial charge is 0.123 e. The molecule has 1 rings (SSSR count). The molecule has 0 saturated heterocycles. The molecule has 116 valence electrons. The topological polar surface area (TPSA) is 20.2 Å². The molecule has 0 bridgehead atoms. The van der Waals surface area contributed by atoms with Crippen molar-refractivity contribution in [3.05, 3.63) is 91.1 Å². The van der Waals surface area contributed by atoms with E-state index in [1.165, 1.54) is 5.56 Å². The minimum atomic E-state index is 0.362. The maximum Gasteiger partial charge on any atom is 0.123 e. The summed E-state index contributed by atoms with van der Waals surface area (Å²) in [5.41, 5.74) is 5.38. The van der Waals surface area contributed by atoms with Gasteiger partial charge in [0.15, 0.2) is 0 Å². The zero-order valence-corrected chi connectivity index (χ0v) is 13.4. The number of phenolic OH excluding ortho intramolecular Hbond substituents is 1. The predicted octanol–water partition coefficient (Wildman–Crippen LogP) is 5.03. The van der Waals surface area contributed by atoms with Gasteiger partial charge in [-0.25, -0.2) is 0 Å². The van der Waals surface area contributed by atoms with Crippen LogP contribution in [0.5, 0.6) is 5.75 Å². The third-order valence-corrected chi connectivity index (χ3v) is 3.77. The van der Waals surface area contributed by atoms with Crippen LogP contribution in [0.25, 0.3) is 0 Å². The molecular weight excluding hydrogens is 268 g/mol. The lowest BCUT2D eigenvalue weighted by molar-refractivity contribution is 0.462. The molecule has 0 spiro atoms. The molecule has 0 heterocycles. The summed E-state index contributed by atoms with van der Waals surface area (Å²) < 4.78 is 0. The minimum absolute atomic E-state index is 0.362. The van der Waals surface area contributed by atoms with E-state index in [-0.39, 0.29) is 0 Å². The van der Waals surface area contributed by atoms with Crippen molar-refractivity contribution < 1.29 is 5.11 Å². The average Bonchev–Trinajstić information content (AvgIpc) is 2.51. The third kappa shape index (κ3) is 3.67. The molecule has 1 aromatic carbocycles. The highest BCUT2D eigenvalue weighted by molar-refractivity contribution is 5.58. The van der Waals surface area contributed by atoms with Crippen molar-refractivity contribution in [2.75, 3.05) is 0 Å². The second-order valence-electron chi connectivity index (χ2n) is 5.21. The number of benzene rings is 1. The number of hydrogen-bond acceptors (Lipinski definition) is 1. The van der Waals surface area contributed by atoms with E-state index in [1.807, 2.05) is 30.4 Å². The second-order valence-corrected chi connectivity index (χ2v) is 5.21. The van der Waals surface area contributed by atoms with Gasteiger partial charge in [-0.05, 0) is 48.8 Å². The summed E-state index contributed by atoms with van der Waals surface area (Å²) in [7, 11) is 0. The van der Waals surface area contributed by atoms with E-state index in [2.05, 4.69) is 32.9 Å². The Hall–Kier alpha value is -2.28. The summed E-state index contributed by atoms with van der Waals surface area (Å²) in [5, 5.41) is 10.8. The van der Waals surface area contributed by atoms with Crippen LogP contribution in [-0.2, 0) is 32.1 Å². The van der Waals surface area contributed by atoms with Gasteiger partial charge >= 0.3 is 0 Å². The van der Waals surface area contributed by atoms with E-state index in [9.17, 15) is 5.11 Å². The molecule has 1 heteroatoms. The molecule has 0 amide bonds. The second kappa shape index (κ2) is 8.89. The van der Waals surface area contributed by atoms with Crippen molar-refractivity contribution in [3.8, 4) is 5.75 Å². The summed E-state index contributed by atoms with van der Waals surface area (Å²) in [6.07, 6.45) is 12.8. The number of allylic oxidation sites excluding steroid dienone is 5. The molecule has 0 aliphatic heterocycles. The van der Waals surface area contributed by atoms with E-state index in [0.29, 0.717) is 18.6 Å². The van der Waals surface area contributed by atoms with Crippen LogP contribution in [0.2, 0.25) is 0 Å². The molecule has 0 aliphatic rings. The van der Waals surface area contributed by atoms with Gasteiger partial charge in [-0.3, -0.25) is 0 Å². The first kappa shape index (κ1) is 17.8. The Kier molecular flexibility index (Phi) is 7.18. The van der Waals surface area contributed by atoms with Crippen LogP contribution in [-0.4, -0.2) is 5.11 Å². The van der Waals surface area contributed by atoms with E-state index in [0.717, 1.165) is 41.5 Å². The molecular formula is C21H26O. The van der Waals surface area contributed by atoms with Gasteiger partial charge < -0.3 is 5.11 Å². The lowest BCUT2D eigenvalue weighted by Crippen LogP contribution is -2.08. The summed E-state index contributed by atoms with van der Waals surface area (Å²) in [5.74, 6) is 0.362. The quantitative estimate of drug-likeness (QED) is 0.600. The van der Waals surface area contributed by atoms with Crippen molar-refractivity contribution in [2.45, 2.75) is 32.1 Å². The fourth-order valence-electron chi connectivity index (χ4n) is 2.92. The molecule has 0 aromatic heterocycles. The Morgan fingerprint density at radius 1 is 0.500 bits per heavy atom. The van der Waals surface area contributed by atoms with Gasteiger partial charge in [0.1, 0.15) is 5.75 Å². The van der Waals surface area contributed by atoms with E-state index < -0.39 is 0 Å². The molecule has 0 saturated carbocycles. The van der Waals surface area contributed by atoms with Gasteiger partial charge in [0.05, 0.1) is 0 Å². The van der Waals surface area contributed by atoms with Crippen LogP contribution in [0, 0.1) is 0 Å². The van der Waals surface area contributed by atoms with Crippen molar-refractivity contribution in [2.24, 2.45) is 0 Å². The maximum atomic E-state index is 10.8. The van der Waals surface area contributed by atoms with Crippen molar-refractivity contribution in [1.29, 1.82) is 0 Å². The fourth-order valence-corrected chi connectivity index (χ4v) is 2.92. The summed E-state index contributed by atoms with van der Waals surface area (Å²) in [4.78, 5) is 0. The maximum absolute atomic E-state index is 10.8.